The molecule has 24 heavy (non-hydrogen) atoms. The van der Waals surface area contributed by atoms with Crippen LogP contribution < -0.4 is 4.74 Å². The highest BCUT2D eigenvalue weighted by Gasteiger charge is 2.18. The van der Waals surface area contributed by atoms with Crippen LogP contribution >= 0.6 is 0 Å². The lowest BCUT2D eigenvalue weighted by molar-refractivity contribution is 0.415. The first-order chi connectivity index (χ1) is 11.8. The van der Waals surface area contributed by atoms with Crippen molar-refractivity contribution >= 4 is 10.9 Å². The number of methoxy groups -OCH3 is 1. The van der Waals surface area contributed by atoms with Crippen LogP contribution in [0.2, 0.25) is 0 Å². The van der Waals surface area contributed by atoms with Gasteiger partial charge in [-0.3, -0.25) is 0 Å². The van der Waals surface area contributed by atoms with Crippen LogP contribution in [0.25, 0.3) is 10.9 Å². The zero-order valence-corrected chi connectivity index (χ0v) is 13.6. The van der Waals surface area contributed by atoms with Crippen molar-refractivity contribution in [3.63, 3.8) is 0 Å². The maximum atomic E-state index is 5.35. The van der Waals surface area contributed by atoms with E-state index < -0.39 is 0 Å². The number of fused-ring (bicyclic) bond motifs is 1. The van der Waals surface area contributed by atoms with E-state index in [4.69, 9.17) is 4.74 Å². The Bertz CT molecular complexity index is 902. The molecule has 0 amide bonds. The normalized spacial score (nSPS) is 11.1. The molecule has 118 valence electrons. The van der Waals surface area contributed by atoms with Gasteiger partial charge in [0.05, 0.1) is 7.11 Å². The van der Waals surface area contributed by atoms with Gasteiger partial charge in [-0.05, 0) is 35.4 Å². The molecule has 2 heteroatoms. The van der Waals surface area contributed by atoms with Crippen LogP contribution in [0.3, 0.4) is 0 Å². The topological polar surface area (TPSA) is 25.0 Å². The lowest BCUT2D eigenvalue weighted by Gasteiger charge is -2.17. The fourth-order valence-corrected chi connectivity index (χ4v) is 3.26. The molecule has 0 aliphatic rings. The average Bonchev–Trinajstić information content (AvgIpc) is 3.06. The van der Waals surface area contributed by atoms with Gasteiger partial charge in [-0.2, -0.15) is 0 Å². The summed E-state index contributed by atoms with van der Waals surface area (Å²) >= 11 is 0. The number of benzene rings is 3. The Kier molecular flexibility index (Phi) is 3.80. The molecule has 1 N–H and O–H groups in total. The second-order valence-corrected chi connectivity index (χ2v) is 5.93. The van der Waals surface area contributed by atoms with E-state index in [1.807, 2.05) is 6.07 Å². The van der Waals surface area contributed by atoms with E-state index in [0.29, 0.717) is 0 Å². The highest BCUT2D eigenvalue weighted by molar-refractivity contribution is 5.82. The minimum atomic E-state index is 0.186. The zero-order valence-electron chi connectivity index (χ0n) is 13.6. The van der Waals surface area contributed by atoms with Gasteiger partial charge in [-0.25, -0.2) is 0 Å². The van der Waals surface area contributed by atoms with Crippen molar-refractivity contribution in [3.8, 4) is 5.75 Å². The van der Waals surface area contributed by atoms with Gasteiger partial charge < -0.3 is 9.72 Å². The predicted molar refractivity (Wildman–Crippen MR) is 98.7 cm³/mol. The highest BCUT2D eigenvalue weighted by Crippen LogP contribution is 2.33. The summed E-state index contributed by atoms with van der Waals surface area (Å²) in [5.41, 5.74) is 4.88. The molecule has 0 fully saturated rings. The first-order valence-electron chi connectivity index (χ1n) is 8.12. The molecular weight excluding hydrogens is 294 g/mol. The van der Waals surface area contributed by atoms with Crippen LogP contribution in [0.4, 0.5) is 0 Å². The maximum Gasteiger partial charge on any atom is 0.119 e. The Morgan fingerprint density at radius 1 is 0.750 bits per heavy atom. The van der Waals surface area contributed by atoms with Gasteiger partial charge in [0.1, 0.15) is 5.75 Å². The Morgan fingerprint density at radius 3 is 1.96 bits per heavy atom. The molecule has 0 unspecified atom stereocenters. The monoisotopic (exact) mass is 313 g/mol. The van der Waals surface area contributed by atoms with Crippen LogP contribution in [0.5, 0.6) is 5.75 Å². The fourth-order valence-electron chi connectivity index (χ4n) is 3.26. The lowest BCUT2D eigenvalue weighted by Crippen LogP contribution is -2.03. The molecule has 2 nitrogen and oxygen atoms in total. The predicted octanol–water partition coefficient (Wildman–Crippen LogP) is 5.36. The van der Waals surface area contributed by atoms with Crippen molar-refractivity contribution in [1.82, 2.24) is 4.98 Å². The molecule has 0 saturated heterocycles. The van der Waals surface area contributed by atoms with Crippen LogP contribution in [-0.4, -0.2) is 12.1 Å². The number of ether oxygens (including phenoxy) is 1. The van der Waals surface area contributed by atoms with Crippen molar-refractivity contribution in [1.29, 1.82) is 0 Å². The molecule has 0 radical (unpaired) electrons. The first kappa shape index (κ1) is 14.6. The SMILES string of the molecule is COc1ccc2[nH]c(C(c3ccccc3)c3ccccc3)cc2c1. The van der Waals surface area contributed by atoms with Gasteiger partial charge >= 0.3 is 0 Å². The molecule has 0 aliphatic carbocycles. The number of H-pyrrole nitrogens is 1. The fraction of sp³-hybridized carbons (Fsp3) is 0.0909. The summed E-state index contributed by atoms with van der Waals surface area (Å²) in [4.78, 5) is 3.59. The quantitative estimate of drug-likeness (QED) is 0.539. The van der Waals surface area contributed by atoms with Crippen LogP contribution in [0, 0.1) is 0 Å². The molecule has 1 heterocycles. The van der Waals surface area contributed by atoms with Gasteiger partial charge in [0.2, 0.25) is 0 Å². The van der Waals surface area contributed by atoms with Crippen molar-refractivity contribution in [2.75, 3.05) is 7.11 Å². The standard InChI is InChI=1S/C22H19NO/c1-24-19-12-13-20-18(14-19)15-21(23-20)22(16-8-4-2-5-9-16)17-10-6-3-7-11-17/h2-15,22-23H,1H3. The summed E-state index contributed by atoms with van der Waals surface area (Å²) in [7, 11) is 1.70. The van der Waals surface area contributed by atoms with Gasteiger partial charge in [0.25, 0.3) is 0 Å². The van der Waals surface area contributed by atoms with Gasteiger partial charge in [-0.15, -0.1) is 0 Å². The number of aromatic nitrogens is 1. The lowest BCUT2D eigenvalue weighted by atomic mass is 9.88. The van der Waals surface area contributed by atoms with Crippen LogP contribution in [0.15, 0.2) is 84.9 Å². The highest BCUT2D eigenvalue weighted by atomic mass is 16.5. The zero-order chi connectivity index (χ0) is 16.4. The Labute approximate surface area is 141 Å². The summed E-state index contributed by atoms with van der Waals surface area (Å²) < 4.78 is 5.35. The Morgan fingerprint density at radius 2 is 1.38 bits per heavy atom. The summed E-state index contributed by atoms with van der Waals surface area (Å²) in [5.74, 6) is 1.06. The maximum absolute atomic E-state index is 5.35. The van der Waals surface area contributed by atoms with E-state index in [1.165, 1.54) is 22.2 Å². The summed E-state index contributed by atoms with van der Waals surface area (Å²) in [6.45, 7) is 0. The minimum Gasteiger partial charge on any atom is -0.497 e. The van der Waals surface area contributed by atoms with E-state index in [9.17, 15) is 0 Å². The van der Waals surface area contributed by atoms with Crippen LogP contribution in [-0.2, 0) is 0 Å². The van der Waals surface area contributed by atoms with Crippen molar-refractivity contribution in [3.05, 3.63) is 102 Å². The van der Waals surface area contributed by atoms with Gasteiger partial charge in [0, 0.05) is 22.5 Å². The average molecular weight is 313 g/mol. The number of aromatic amines is 1. The van der Waals surface area contributed by atoms with Crippen molar-refractivity contribution < 1.29 is 4.74 Å². The second kappa shape index (κ2) is 6.25. The minimum absolute atomic E-state index is 0.186. The summed E-state index contributed by atoms with van der Waals surface area (Å²) in [6, 6.07) is 29.6. The Balaban J connectivity index is 1.87. The molecule has 0 bridgehead atoms. The molecule has 1 aromatic heterocycles. The third-order valence-corrected chi connectivity index (χ3v) is 4.43. The van der Waals surface area contributed by atoms with E-state index in [2.05, 4.69) is 83.8 Å². The second-order valence-electron chi connectivity index (χ2n) is 5.93. The Hall–Kier alpha value is -3.00. The molecule has 0 aliphatic heterocycles. The molecule has 0 atom stereocenters. The third-order valence-electron chi connectivity index (χ3n) is 4.43. The molecule has 0 saturated carbocycles. The van der Waals surface area contributed by atoms with Crippen LogP contribution in [0.1, 0.15) is 22.7 Å². The third kappa shape index (κ3) is 2.67. The largest absolute Gasteiger partial charge is 0.497 e. The van der Waals surface area contributed by atoms with Crippen molar-refractivity contribution in [2.45, 2.75) is 5.92 Å². The number of hydrogen-bond donors (Lipinski definition) is 1. The molecule has 0 spiro atoms. The van der Waals surface area contributed by atoms with Gasteiger partial charge in [-0.1, -0.05) is 60.7 Å². The van der Waals surface area contributed by atoms with Crippen molar-refractivity contribution in [2.24, 2.45) is 0 Å². The smallest absolute Gasteiger partial charge is 0.119 e. The summed E-state index contributed by atoms with van der Waals surface area (Å²) in [5, 5.41) is 1.17. The van der Waals surface area contributed by atoms with Gasteiger partial charge in [0.15, 0.2) is 0 Å². The van der Waals surface area contributed by atoms with E-state index in [-0.39, 0.29) is 5.92 Å². The van der Waals surface area contributed by atoms with E-state index in [0.717, 1.165) is 11.3 Å². The first-order valence-corrected chi connectivity index (χ1v) is 8.12. The van der Waals surface area contributed by atoms with E-state index >= 15 is 0 Å². The number of nitrogens with one attached hydrogen (secondary N) is 1. The number of hydrogen-bond acceptors (Lipinski definition) is 1. The van der Waals surface area contributed by atoms with E-state index in [1.54, 1.807) is 7.11 Å². The number of rotatable bonds is 4. The molecular formula is C22H19NO. The summed E-state index contributed by atoms with van der Waals surface area (Å²) in [6.07, 6.45) is 0. The molecule has 4 aromatic rings. The molecule has 4 rings (SSSR count). The molecule has 3 aromatic carbocycles.